The third-order valence-electron chi connectivity index (χ3n) is 10.4. The number of amides is 3. The van der Waals surface area contributed by atoms with Crippen LogP contribution < -0.4 is 16.0 Å². The van der Waals surface area contributed by atoms with Crippen LogP contribution in [0.4, 0.5) is 8.78 Å². The van der Waals surface area contributed by atoms with E-state index in [0.29, 0.717) is 34.3 Å². The van der Waals surface area contributed by atoms with Gasteiger partial charge in [0.15, 0.2) is 16.2 Å². The van der Waals surface area contributed by atoms with Gasteiger partial charge < -0.3 is 25.2 Å². The van der Waals surface area contributed by atoms with Gasteiger partial charge >= 0.3 is 11.2 Å². The SMILES string of the molecule is CC(OC(=O)C12CC3(NC(=O)c4cc(I)cc(I)c4I)CC(NC(=O)c4cc(I)cc(I)c4I)(CC(NC(=O)c4cc(I)cc(I)c4I)(C3)C1)C2)C(F)(F)S(=O)(=O)[O-]. The van der Waals surface area contributed by atoms with E-state index in [0.717, 1.165) is 21.4 Å². The number of hydrogen-bond acceptors (Lipinski definition) is 8. The Labute approximate surface area is 454 Å². The van der Waals surface area contributed by atoms with E-state index in [1.54, 1.807) is 18.2 Å². The molecule has 4 saturated carbocycles. The van der Waals surface area contributed by atoms with Crippen molar-refractivity contribution in [2.45, 2.75) is 73.4 Å². The Balaban J connectivity index is 1.53. The first-order chi connectivity index (χ1) is 26.7. The van der Waals surface area contributed by atoms with Crippen molar-refractivity contribution in [2.75, 3.05) is 0 Å². The van der Waals surface area contributed by atoms with E-state index >= 15 is 0 Å². The molecule has 1 unspecified atom stereocenters. The predicted molar refractivity (Wildman–Crippen MR) is 285 cm³/mol. The van der Waals surface area contributed by atoms with Crippen LogP contribution in [0.1, 0.15) is 76.5 Å². The number of nitrogens with one attached hydrogen (secondary N) is 3. The van der Waals surface area contributed by atoms with Gasteiger partial charge in [-0.25, -0.2) is 8.42 Å². The van der Waals surface area contributed by atoms with Crippen LogP contribution >= 0.6 is 203 Å². The van der Waals surface area contributed by atoms with E-state index in [2.05, 4.69) is 219 Å². The summed E-state index contributed by atoms with van der Waals surface area (Å²) in [4.78, 5) is 58.0. The molecule has 3 N–H and O–H groups in total. The second-order valence-corrected chi connectivity index (χ2v) is 26.8. The zero-order valence-electron chi connectivity index (χ0n) is 29.1. The second-order valence-electron chi connectivity index (χ2n) is 14.9. The molecule has 3 amide bonds. The van der Waals surface area contributed by atoms with E-state index < -0.39 is 67.2 Å². The van der Waals surface area contributed by atoms with Crippen LogP contribution in [-0.2, 0) is 19.6 Å². The topological polar surface area (TPSA) is 171 Å². The fourth-order valence-electron chi connectivity index (χ4n) is 8.90. The molecule has 0 aromatic heterocycles. The number of benzene rings is 3. The molecule has 1 atom stereocenters. The maximum Gasteiger partial charge on any atom is 0.369 e. The van der Waals surface area contributed by atoms with Crippen LogP contribution in [0.5, 0.6) is 0 Å². The van der Waals surface area contributed by atoms with Crippen molar-refractivity contribution in [3.05, 3.63) is 85.2 Å². The normalized spacial score (nSPS) is 25.5. The lowest BCUT2D eigenvalue weighted by molar-refractivity contribution is -0.195. The molecule has 3 aromatic carbocycles. The van der Waals surface area contributed by atoms with Crippen LogP contribution in [0.2, 0.25) is 0 Å². The fraction of sp³-hybridized carbons (Fsp3) is 0.371. The van der Waals surface area contributed by atoms with Gasteiger partial charge in [-0.2, -0.15) is 8.78 Å². The summed E-state index contributed by atoms with van der Waals surface area (Å²) in [5.41, 5.74) is -4.78. The van der Waals surface area contributed by atoms with E-state index in [-0.39, 0.29) is 38.5 Å². The van der Waals surface area contributed by atoms with Gasteiger partial charge in [0.1, 0.15) is 0 Å². The van der Waals surface area contributed by atoms with Crippen molar-refractivity contribution in [3.63, 3.8) is 0 Å². The van der Waals surface area contributed by atoms with Gasteiger partial charge in [0.05, 0.1) is 22.1 Å². The monoisotopic (exact) mass is 1830 g/mol. The van der Waals surface area contributed by atoms with Crippen LogP contribution in [0.25, 0.3) is 0 Å². The zero-order valence-corrected chi connectivity index (χ0v) is 49.3. The molecule has 7 rings (SSSR count). The standard InChI is InChI=1S/C35H26F2I9N3O8S/c1-14(35(36,37)58(54,55)56)57-30(53)31-8-32(47-27(50)18-2-15(38)5-21(41)24(18)44)11-33(9-31,48-28(51)19-3-16(39)6-22(42)25(19)45)13-34(10-31,12-32)49-29(52)20-4-17(40)7-23(43)26(20)46/h2-7,14H,8-13H2,1H3,(H,47,50)(H,48,51)(H,49,52)(H,54,55,56)/p-1. The van der Waals surface area contributed by atoms with Gasteiger partial charge in [-0.15, -0.1) is 0 Å². The predicted octanol–water partition coefficient (Wildman–Crippen LogP) is 9.37. The van der Waals surface area contributed by atoms with E-state index in [4.69, 9.17) is 4.74 Å². The molecule has 312 valence electrons. The highest BCUT2D eigenvalue weighted by molar-refractivity contribution is 14.1. The molecule has 3 aromatic rings. The Kier molecular flexibility index (Phi) is 15.2. The van der Waals surface area contributed by atoms with Crippen molar-refractivity contribution < 1.29 is 45.7 Å². The molecular formula is C35H25F2I9N3O8S-. The van der Waals surface area contributed by atoms with Crippen molar-refractivity contribution in [1.82, 2.24) is 16.0 Å². The summed E-state index contributed by atoms with van der Waals surface area (Å²) in [6, 6.07) is 10.9. The fourth-order valence-corrected chi connectivity index (χ4v) is 16.6. The van der Waals surface area contributed by atoms with Crippen molar-refractivity contribution in [2.24, 2.45) is 5.41 Å². The van der Waals surface area contributed by atoms with Gasteiger partial charge in [0.25, 0.3) is 17.7 Å². The first-order valence-corrected chi connectivity index (χ1v) is 27.7. The molecule has 0 spiro atoms. The highest BCUT2D eigenvalue weighted by atomic mass is 127. The Morgan fingerprint density at radius 1 is 0.621 bits per heavy atom. The molecule has 0 saturated heterocycles. The molecule has 58 heavy (non-hydrogen) atoms. The van der Waals surface area contributed by atoms with Crippen molar-refractivity contribution >= 4 is 237 Å². The lowest BCUT2D eigenvalue weighted by Crippen LogP contribution is -2.80. The number of hydrogen-bond donors (Lipinski definition) is 3. The highest BCUT2D eigenvalue weighted by Crippen LogP contribution is 2.65. The number of carbonyl (C=O) groups is 4. The molecule has 0 heterocycles. The Morgan fingerprint density at radius 3 is 1.19 bits per heavy atom. The minimum Gasteiger partial charge on any atom is -0.743 e. The quantitative estimate of drug-likeness (QED) is 0.0781. The van der Waals surface area contributed by atoms with Gasteiger partial charge in [0, 0.05) is 48.7 Å². The van der Waals surface area contributed by atoms with Crippen LogP contribution in [0.3, 0.4) is 0 Å². The molecule has 0 aliphatic heterocycles. The average molecular weight is 1830 g/mol. The first kappa shape index (κ1) is 49.3. The number of carbonyl (C=O) groups excluding carboxylic acids is 4. The molecule has 4 bridgehead atoms. The zero-order chi connectivity index (χ0) is 43.1. The number of halogens is 11. The Hall–Kier alpha value is 1.88. The lowest BCUT2D eigenvalue weighted by atomic mass is 9.41. The lowest BCUT2D eigenvalue weighted by Gasteiger charge is -2.69. The summed E-state index contributed by atoms with van der Waals surface area (Å²) in [5.74, 6) is -2.71. The summed E-state index contributed by atoms with van der Waals surface area (Å²) in [7, 11) is -6.25. The maximum atomic E-state index is 14.9. The molecule has 11 nitrogen and oxygen atoms in total. The Bertz CT molecular complexity index is 2210. The summed E-state index contributed by atoms with van der Waals surface area (Å²) in [5, 5.41) is 4.62. The summed E-state index contributed by atoms with van der Waals surface area (Å²) >= 11 is 18.9. The molecule has 4 fully saturated rings. The van der Waals surface area contributed by atoms with Gasteiger partial charge in [0.2, 0.25) is 0 Å². The number of alkyl halides is 2. The third-order valence-corrected chi connectivity index (χ3v) is 22.4. The molecule has 4 aliphatic rings. The van der Waals surface area contributed by atoms with Crippen molar-refractivity contribution in [3.8, 4) is 0 Å². The summed E-state index contributed by atoms with van der Waals surface area (Å²) in [6.45, 7) is 0.627. The molecule has 0 radical (unpaired) electrons. The largest absolute Gasteiger partial charge is 0.743 e. The minimum absolute atomic E-state index is 0.0959. The van der Waals surface area contributed by atoms with Crippen LogP contribution in [0.15, 0.2) is 36.4 Å². The number of esters is 1. The summed E-state index contributed by atoms with van der Waals surface area (Å²) < 4.78 is 76.8. The van der Waals surface area contributed by atoms with Gasteiger partial charge in [-0.3, -0.25) is 19.2 Å². The number of rotatable bonds is 10. The van der Waals surface area contributed by atoms with Crippen LogP contribution in [-0.4, -0.2) is 64.6 Å². The Morgan fingerprint density at radius 2 is 0.914 bits per heavy atom. The van der Waals surface area contributed by atoms with Crippen LogP contribution in [0, 0.1) is 37.5 Å². The maximum absolute atomic E-state index is 14.9. The second kappa shape index (κ2) is 17.9. The van der Waals surface area contributed by atoms with E-state index in [1.807, 2.05) is 18.2 Å². The van der Waals surface area contributed by atoms with Crippen molar-refractivity contribution in [1.29, 1.82) is 0 Å². The smallest absolute Gasteiger partial charge is 0.369 e. The average Bonchev–Trinajstić information content (AvgIpc) is 3.07. The van der Waals surface area contributed by atoms with Gasteiger partial charge in [-0.1, -0.05) is 0 Å². The molecule has 4 aliphatic carbocycles. The molecular weight excluding hydrogens is 1800 g/mol. The molecule has 23 heteroatoms. The highest BCUT2D eigenvalue weighted by Gasteiger charge is 2.72. The van der Waals surface area contributed by atoms with E-state index in [1.165, 1.54) is 0 Å². The number of ether oxygens (including phenoxy) is 1. The third kappa shape index (κ3) is 9.85. The minimum atomic E-state index is -6.25. The first-order valence-electron chi connectivity index (χ1n) is 16.6. The van der Waals surface area contributed by atoms with Gasteiger partial charge in [-0.05, 0) is 285 Å². The summed E-state index contributed by atoms with van der Waals surface area (Å²) in [6.07, 6.45) is -2.86. The van der Waals surface area contributed by atoms with E-state index in [9.17, 15) is 40.9 Å².